The Kier molecular flexibility index (Phi) is 6.77. The highest BCUT2D eigenvalue weighted by Crippen LogP contribution is 2.32. The van der Waals surface area contributed by atoms with Crippen molar-refractivity contribution in [2.24, 2.45) is 0 Å². The number of hydrogen-bond acceptors (Lipinski definition) is 4. The highest BCUT2D eigenvalue weighted by molar-refractivity contribution is 5.98. The van der Waals surface area contributed by atoms with Gasteiger partial charge < -0.3 is 19.9 Å². The fraction of sp³-hybridized carbons (Fsp3) is 0.346. The third-order valence-corrected chi connectivity index (χ3v) is 6.40. The lowest BCUT2D eigenvalue weighted by atomic mass is 9.93. The topological polar surface area (TPSA) is 87.3 Å². The molecule has 7 nitrogen and oxygen atoms in total. The van der Waals surface area contributed by atoms with E-state index in [0.717, 1.165) is 35.5 Å². The van der Waals surface area contributed by atoms with E-state index < -0.39 is 0 Å². The third-order valence-electron chi connectivity index (χ3n) is 6.40. The van der Waals surface area contributed by atoms with Crippen molar-refractivity contribution in [3.63, 3.8) is 0 Å². The summed E-state index contributed by atoms with van der Waals surface area (Å²) in [4.78, 5) is 35.6. The largest absolute Gasteiger partial charge is 0.497 e. The highest BCUT2D eigenvalue weighted by Gasteiger charge is 2.30. The molecule has 0 aliphatic carbocycles. The van der Waals surface area contributed by atoms with Crippen LogP contribution in [0.2, 0.25) is 0 Å². The van der Waals surface area contributed by atoms with Crippen molar-refractivity contribution in [2.75, 3.05) is 27.2 Å². The molecule has 0 unspecified atom stereocenters. The lowest BCUT2D eigenvalue weighted by molar-refractivity contribution is -0.133. The van der Waals surface area contributed by atoms with Crippen molar-refractivity contribution < 1.29 is 14.3 Å². The molecule has 2 amide bonds. The van der Waals surface area contributed by atoms with Crippen LogP contribution < -0.4 is 10.1 Å². The van der Waals surface area contributed by atoms with E-state index in [1.807, 2.05) is 66.4 Å². The number of likely N-dealkylation sites (tertiary alicyclic amines) is 1. The van der Waals surface area contributed by atoms with Crippen LogP contribution in [0.3, 0.4) is 0 Å². The molecular weight excluding hydrogens is 416 g/mol. The molecule has 0 spiro atoms. The predicted octanol–water partition coefficient (Wildman–Crippen LogP) is 3.95. The van der Waals surface area contributed by atoms with E-state index in [0.29, 0.717) is 24.5 Å². The Bertz CT molecular complexity index is 1100. The number of piperidine rings is 1. The van der Waals surface area contributed by atoms with Gasteiger partial charge in [-0.1, -0.05) is 30.3 Å². The molecule has 0 bridgehead atoms. The van der Waals surface area contributed by atoms with Gasteiger partial charge in [-0.25, -0.2) is 4.98 Å². The molecule has 1 aliphatic heterocycles. The van der Waals surface area contributed by atoms with Crippen LogP contribution >= 0.6 is 0 Å². The second kappa shape index (κ2) is 9.90. The number of rotatable bonds is 6. The lowest BCUT2D eigenvalue weighted by Gasteiger charge is -2.33. The number of methoxy groups -OCH3 is 1. The maximum Gasteiger partial charge on any atom is 0.269 e. The first-order chi connectivity index (χ1) is 16.0. The monoisotopic (exact) mass is 446 g/mol. The number of ether oxygens (including phenoxy) is 1. The number of imidazole rings is 1. The number of aromatic amines is 1. The number of carbonyl (C=O) groups excluding carboxylic acids is 2. The summed E-state index contributed by atoms with van der Waals surface area (Å²) >= 11 is 0. The van der Waals surface area contributed by atoms with Crippen LogP contribution in [0.15, 0.2) is 54.6 Å². The van der Waals surface area contributed by atoms with Crippen molar-refractivity contribution in [3.8, 4) is 17.0 Å². The Hall–Kier alpha value is -3.61. The summed E-state index contributed by atoms with van der Waals surface area (Å²) in [6.07, 6.45) is 1.60. The van der Waals surface area contributed by atoms with Crippen molar-refractivity contribution in [1.29, 1.82) is 0 Å². The molecule has 1 atom stereocenters. The summed E-state index contributed by atoms with van der Waals surface area (Å²) in [5.41, 5.74) is 2.97. The molecule has 172 valence electrons. The van der Waals surface area contributed by atoms with Gasteiger partial charge in [-0.05, 0) is 49.6 Å². The van der Waals surface area contributed by atoms with Crippen LogP contribution in [-0.2, 0) is 4.79 Å². The minimum atomic E-state index is -0.205. The number of amides is 2. The summed E-state index contributed by atoms with van der Waals surface area (Å²) in [5, 5.41) is 2.69. The maximum atomic E-state index is 13.0. The van der Waals surface area contributed by atoms with Gasteiger partial charge in [0, 0.05) is 31.6 Å². The van der Waals surface area contributed by atoms with E-state index in [2.05, 4.69) is 10.3 Å². The molecule has 3 aromatic rings. The van der Waals surface area contributed by atoms with Crippen LogP contribution in [0.4, 0.5) is 0 Å². The van der Waals surface area contributed by atoms with Gasteiger partial charge in [0.2, 0.25) is 5.91 Å². The summed E-state index contributed by atoms with van der Waals surface area (Å²) in [6.45, 7) is 3.32. The molecule has 0 saturated carbocycles. The zero-order chi connectivity index (χ0) is 23.4. The zero-order valence-electron chi connectivity index (χ0n) is 19.3. The quantitative estimate of drug-likeness (QED) is 0.600. The molecule has 4 rings (SSSR count). The number of carbonyl (C=O) groups is 2. The van der Waals surface area contributed by atoms with Crippen LogP contribution in [0.25, 0.3) is 11.3 Å². The molecule has 1 saturated heterocycles. The van der Waals surface area contributed by atoms with Gasteiger partial charge in [-0.3, -0.25) is 9.59 Å². The molecule has 1 aliphatic rings. The van der Waals surface area contributed by atoms with Crippen molar-refractivity contribution in [3.05, 3.63) is 71.7 Å². The SMILES string of the molecule is CNC(=O)c1[nH]c(C2CCN(C(=O)[C@@H](C)c3ccccc3)CC2)nc1-c1ccc(OC)cc1. The van der Waals surface area contributed by atoms with Gasteiger partial charge in [-0.15, -0.1) is 0 Å². The van der Waals surface area contributed by atoms with E-state index in [1.54, 1.807) is 14.2 Å². The van der Waals surface area contributed by atoms with E-state index in [-0.39, 0.29) is 23.7 Å². The molecule has 1 fully saturated rings. The maximum absolute atomic E-state index is 13.0. The van der Waals surface area contributed by atoms with E-state index in [4.69, 9.17) is 9.72 Å². The van der Waals surface area contributed by atoms with E-state index in [9.17, 15) is 9.59 Å². The Morgan fingerprint density at radius 2 is 1.76 bits per heavy atom. The minimum absolute atomic E-state index is 0.157. The predicted molar refractivity (Wildman–Crippen MR) is 127 cm³/mol. The molecular formula is C26H30N4O3. The van der Waals surface area contributed by atoms with E-state index in [1.165, 1.54) is 0 Å². The fourth-order valence-corrected chi connectivity index (χ4v) is 4.36. The first-order valence-electron chi connectivity index (χ1n) is 11.3. The highest BCUT2D eigenvalue weighted by atomic mass is 16.5. The summed E-state index contributed by atoms with van der Waals surface area (Å²) in [7, 11) is 3.23. The number of aromatic nitrogens is 2. The number of H-pyrrole nitrogens is 1. The van der Waals surface area contributed by atoms with Gasteiger partial charge in [0.1, 0.15) is 23.0 Å². The Morgan fingerprint density at radius 1 is 1.09 bits per heavy atom. The summed E-state index contributed by atoms with van der Waals surface area (Å²) < 4.78 is 5.24. The Morgan fingerprint density at radius 3 is 2.36 bits per heavy atom. The number of hydrogen-bond donors (Lipinski definition) is 2. The summed E-state index contributed by atoms with van der Waals surface area (Å²) in [5.74, 6) is 1.50. The van der Waals surface area contributed by atoms with Gasteiger partial charge in [0.05, 0.1) is 13.0 Å². The first kappa shape index (κ1) is 22.6. The average molecular weight is 447 g/mol. The lowest BCUT2D eigenvalue weighted by Crippen LogP contribution is -2.40. The number of nitrogens with one attached hydrogen (secondary N) is 2. The van der Waals surface area contributed by atoms with Gasteiger partial charge in [0.25, 0.3) is 5.91 Å². The van der Waals surface area contributed by atoms with E-state index >= 15 is 0 Å². The average Bonchev–Trinajstić information content (AvgIpc) is 3.33. The molecule has 7 heteroatoms. The molecule has 33 heavy (non-hydrogen) atoms. The zero-order valence-corrected chi connectivity index (χ0v) is 19.3. The molecule has 2 N–H and O–H groups in total. The molecule has 2 heterocycles. The first-order valence-corrected chi connectivity index (χ1v) is 11.3. The van der Waals surface area contributed by atoms with Gasteiger partial charge in [-0.2, -0.15) is 0 Å². The summed E-state index contributed by atoms with van der Waals surface area (Å²) in [6, 6.07) is 17.4. The fourth-order valence-electron chi connectivity index (χ4n) is 4.36. The number of nitrogens with zero attached hydrogens (tertiary/aromatic N) is 2. The van der Waals surface area contributed by atoms with Crippen molar-refractivity contribution >= 4 is 11.8 Å². The third kappa shape index (κ3) is 4.77. The minimum Gasteiger partial charge on any atom is -0.497 e. The van der Waals surface area contributed by atoms with Crippen molar-refractivity contribution in [1.82, 2.24) is 20.2 Å². The van der Waals surface area contributed by atoms with Crippen LogP contribution in [0.5, 0.6) is 5.75 Å². The Balaban J connectivity index is 1.49. The van der Waals surface area contributed by atoms with Crippen LogP contribution in [0.1, 0.15) is 53.5 Å². The van der Waals surface area contributed by atoms with Crippen LogP contribution in [0, 0.1) is 0 Å². The van der Waals surface area contributed by atoms with Gasteiger partial charge in [0.15, 0.2) is 0 Å². The standard InChI is InChI=1S/C26H30N4O3/c1-17(18-7-5-4-6-8-18)26(32)30-15-13-20(14-16-30)24-28-22(23(29-24)25(31)27-2)19-9-11-21(33-3)12-10-19/h4-12,17,20H,13-16H2,1-3H3,(H,27,31)(H,28,29)/t17-/m0/s1. The van der Waals surface area contributed by atoms with Crippen molar-refractivity contribution in [2.45, 2.75) is 31.6 Å². The molecule has 2 aromatic carbocycles. The van der Waals surface area contributed by atoms with Crippen LogP contribution in [-0.4, -0.2) is 53.9 Å². The second-order valence-corrected chi connectivity index (χ2v) is 8.39. The second-order valence-electron chi connectivity index (χ2n) is 8.39. The Labute approximate surface area is 194 Å². The number of benzene rings is 2. The van der Waals surface area contributed by atoms with Gasteiger partial charge >= 0.3 is 0 Å². The smallest absolute Gasteiger partial charge is 0.269 e. The normalized spacial score (nSPS) is 15.2. The molecule has 1 aromatic heterocycles. The molecule has 0 radical (unpaired) electrons.